The van der Waals surface area contributed by atoms with Gasteiger partial charge in [0.05, 0.1) is 5.69 Å². The first-order chi connectivity index (χ1) is 7.86. The second kappa shape index (κ2) is 4.90. The van der Waals surface area contributed by atoms with Gasteiger partial charge in [-0.3, -0.25) is 10.1 Å². The van der Waals surface area contributed by atoms with Crippen LogP contribution in [0.5, 0.6) is 0 Å². The highest BCUT2D eigenvalue weighted by Crippen LogP contribution is 2.23. The van der Waals surface area contributed by atoms with Crippen molar-refractivity contribution in [3.8, 4) is 11.3 Å². The smallest absolute Gasteiger partial charge is 0.0957 e. The fourth-order valence-electron chi connectivity index (χ4n) is 1.86. The Bertz CT molecular complexity index is 447. The summed E-state index contributed by atoms with van der Waals surface area (Å²) in [5.74, 6) is 0. The highest BCUT2D eigenvalue weighted by molar-refractivity contribution is 5.63. The molecule has 2 aromatic rings. The van der Waals surface area contributed by atoms with E-state index in [0.29, 0.717) is 6.54 Å². The zero-order valence-electron chi connectivity index (χ0n) is 9.40. The summed E-state index contributed by atoms with van der Waals surface area (Å²) in [6, 6.07) is 3.94. The lowest BCUT2D eigenvalue weighted by Crippen LogP contribution is -2.05. The van der Waals surface area contributed by atoms with Crippen molar-refractivity contribution in [2.75, 3.05) is 6.54 Å². The van der Waals surface area contributed by atoms with Gasteiger partial charge in [0.15, 0.2) is 0 Å². The number of nitrogens with two attached hydrogens (primary N) is 1. The summed E-state index contributed by atoms with van der Waals surface area (Å²) in [4.78, 5) is 4.01. The molecule has 0 aromatic carbocycles. The van der Waals surface area contributed by atoms with Gasteiger partial charge in [-0.1, -0.05) is 6.92 Å². The third-order valence-electron chi connectivity index (χ3n) is 2.65. The van der Waals surface area contributed by atoms with Gasteiger partial charge in [0, 0.05) is 29.2 Å². The Morgan fingerprint density at radius 3 is 2.69 bits per heavy atom. The molecule has 0 aliphatic heterocycles. The maximum absolute atomic E-state index is 5.64. The van der Waals surface area contributed by atoms with Crippen LogP contribution in [0.2, 0.25) is 0 Å². The molecule has 4 heteroatoms. The van der Waals surface area contributed by atoms with E-state index in [2.05, 4.69) is 22.1 Å². The summed E-state index contributed by atoms with van der Waals surface area (Å²) in [6.07, 6.45) is 5.37. The Labute approximate surface area is 94.9 Å². The minimum atomic E-state index is 0.643. The molecule has 4 nitrogen and oxygen atoms in total. The van der Waals surface area contributed by atoms with Gasteiger partial charge in [-0.25, -0.2) is 0 Å². The monoisotopic (exact) mass is 216 g/mol. The number of hydrogen-bond acceptors (Lipinski definition) is 3. The van der Waals surface area contributed by atoms with E-state index >= 15 is 0 Å². The minimum Gasteiger partial charge on any atom is -0.330 e. The second-order valence-electron chi connectivity index (χ2n) is 3.66. The predicted octanol–water partition coefficient (Wildman–Crippen LogP) is 1.54. The van der Waals surface area contributed by atoms with E-state index in [1.807, 2.05) is 12.1 Å². The molecule has 0 aliphatic carbocycles. The number of rotatable bonds is 4. The van der Waals surface area contributed by atoms with Crippen molar-refractivity contribution < 1.29 is 0 Å². The molecule has 0 aliphatic rings. The quantitative estimate of drug-likeness (QED) is 0.814. The van der Waals surface area contributed by atoms with Crippen molar-refractivity contribution in [1.82, 2.24) is 15.2 Å². The van der Waals surface area contributed by atoms with Crippen molar-refractivity contribution in [2.45, 2.75) is 19.8 Å². The summed E-state index contributed by atoms with van der Waals surface area (Å²) < 4.78 is 0. The minimum absolute atomic E-state index is 0.643. The third-order valence-corrected chi connectivity index (χ3v) is 2.65. The molecular weight excluding hydrogens is 200 g/mol. The summed E-state index contributed by atoms with van der Waals surface area (Å²) in [7, 11) is 0. The largest absolute Gasteiger partial charge is 0.330 e. The highest BCUT2D eigenvalue weighted by Gasteiger charge is 2.12. The summed E-state index contributed by atoms with van der Waals surface area (Å²) in [6.45, 7) is 2.76. The molecular formula is C12H16N4. The molecule has 0 atom stereocenters. The van der Waals surface area contributed by atoms with E-state index in [1.165, 1.54) is 11.3 Å². The molecule has 0 radical (unpaired) electrons. The van der Waals surface area contributed by atoms with Crippen molar-refractivity contribution >= 4 is 0 Å². The van der Waals surface area contributed by atoms with E-state index < -0.39 is 0 Å². The van der Waals surface area contributed by atoms with E-state index in [9.17, 15) is 0 Å². The first-order valence-electron chi connectivity index (χ1n) is 5.53. The second-order valence-corrected chi connectivity index (χ2v) is 3.66. The summed E-state index contributed by atoms with van der Waals surface area (Å²) in [5, 5.41) is 7.45. The fourth-order valence-corrected chi connectivity index (χ4v) is 1.86. The van der Waals surface area contributed by atoms with Gasteiger partial charge in [0.2, 0.25) is 0 Å². The number of pyridine rings is 1. The van der Waals surface area contributed by atoms with Gasteiger partial charge in [-0.05, 0) is 31.5 Å². The molecule has 3 N–H and O–H groups in total. The summed E-state index contributed by atoms with van der Waals surface area (Å²) in [5.41, 5.74) is 10.1. The Balaban J connectivity index is 2.44. The van der Waals surface area contributed by atoms with Gasteiger partial charge in [0.25, 0.3) is 0 Å². The van der Waals surface area contributed by atoms with Crippen molar-refractivity contribution in [3.05, 3.63) is 35.8 Å². The van der Waals surface area contributed by atoms with Gasteiger partial charge in [0.1, 0.15) is 0 Å². The first-order valence-corrected chi connectivity index (χ1v) is 5.53. The van der Waals surface area contributed by atoms with Crippen LogP contribution in [0, 0.1) is 0 Å². The topological polar surface area (TPSA) is 67.6 Å². The predicted molar refractivity (Wildman–Crippen MR) is 64.0 cm³/mol. The molecule has 84 valence electrons. The lowest BCUT2D eigenvalue weighted by molar-refractivity contribution is 0.921. The first kappa shape index (κ1) is 10.8. The molecule has 2 heterocycles. The standard InChI is InChI=1S/C12H16N4/c1-2-11-10(3-6-13)12(16-15-11)9-4-7-14-8-5-9/h4-5,7-8H,2-3,6,13H2,1H3,(H,15,16). The molecule has 0 spiro atoms. The SMILES string of the molecule is CCc1[nH]nc(-c2ccncc2)c1CCN. The van der Waals surface area contributed by atoms with Crippen molar-refractivity contribution in [2.24, 2.45) is 5.73 Å². The number of hydrogen-bond donors (Lipinski definition) is 2. The van der Waals surface area contributed by atoms with Crippen LogP contribution in [-0.4, -0.2) is 21.7 Å². The van der Waals surface area contributed by atoms with Crippen LogP contribution in [0.25, 0.3) is 11.3 Å². The molecule has 0 saturated carbocycles. The molecule has 2 aromatic heterocycles. The normalized spacial score (nSPS) is 10.6. The van der Waals surface area contributed by atoms with E-state index in [-0.39, 0.29) is 0 Å². The average molecular weight is 216 g/mol. The molecule has 0 saturated heterocycles. The van der Waals surface area contributed by atoms with Crippen molar-refractivity contribution in [1.29, 1.82) is 0 Å². The molecule has 0 bridgehead atoms. The van der Waals surface area contributed by atoms with Crippen LogP contribution >= 0.6 is 0 Å². The number of aromatic amines is 1. The van der Waals surface area contributed by atoms with E-state index in [1.54, 1.807) is 12.4 Å². The number of nitrogens with zero attached hydrogens (tertiary/aromatic N) is 2. The van der Waals surface area contributed by atoms with Crippen LogP contribution in [0.4, 0.5) is 0 Å². The van der Waals surface area contributed by atoms with Crippen molar-refractivity contribution in [3.63, 3.8) is 0 Å². The van der Waals surface area contributed by atoms with Crippen LogP contribution in [0.3, 0.4) is 0 Å². The number of aromatic nitrogens is 3. The molecule has 0 unspecified atom stereocenters. The number of aryl methyl sites for hydroxylation is 1. The Kier molecular flexibility index (Phi) is 3.31. The number of H-pyrrole nitrogens is 1. The van der Waals surface area contributed by atoms with Gasteiger partial charge >= 0.3 is 0 Å². The van der Waals surface area contributed by atoms with Gasteiger partial charge < -0.3 is 5.73 Å². The lowest BCUT2D eigenvalue weighted by Gasteiger charge is -2.02. The maximum atomic E-state index is 5.64. The highest BCUT2D eigenvalue weighted by atomic mass is 15.1. The zero-order valence-corrected chi connectivity index (χ0v) is 9.40. The Morgan fingerprint density at radius 1 is 1.31 bits per heavy atom. The van der Waals surface area contributed by atoms with Crippen LogP contribution in [-0.2, 0) is 12.8 Å². The van der Waals surface area contributed by atoms with E-state index in [4.69, 9.17) is 5.73 Å². The maximum Gasteiger partial charge on any atom is 0.0957 e. The fraction of sp³-hybridized carbons (Fsp3) is 0.333. The van der Waals surface area contributed by atoms with Crippen LogP contribution in [0.15, 0.2) is 24.5 Å². The number of nitrogens with one attached hydrogen (secondary N) is 1. The average Bonchev–Trinajstić information content (AvgIpc) is 2.74. The van der Waals surface area contributed by atoms with Crippen LogP contribution < -0.4 is 5.73 Å². The molecule has 2 rings (SSSR count). The molecule has 0 fully saturated rings. The molecule has 0 amide bonds. The van der Waals surface area contributed by atoms with Gasteiger partial charge in [-0.15, -0.1) is 0 Å². The molecule has 16 heavy (non-hydrogen) atoms. The zero-order chi connectivity index (χ0) is 11.4. The van der Waals surface area contributed by atoms with E-state index in [0.717, 1.165) is 24.1 Å². The Morgan fingerprint density at radius 2 is 2.06 bits per heavy atom. The lowest BCUT2D eigenvalue weighted by atomic mass is 10.0. The van der Waals surface area contributed by atoms with Gasteiger partial charge in [-0.2, -0.15) is 5.10 Å². The Hall–Kier alpha value is -1.68. The van der Waals surface area contributed by atoms with Crippen LogP contribution in [0.1, 0.15) is 18.2 Å². The third kappa shape index (κ3) is 1.97. The summed E-state index contributed by atoms with van der Waals surface area (Å²) >= 11 is 0.